The molecule has 3 rings (SSSR count). The van der Waals surface area contributed by atoms with Gasteiger partial charge in [0.2, 0.25) is 5.91 Å². The van der Waals surface area contributed by atoms with E-state index < -0.39 is 0 Å². The van der Waals surface area contributed by atoms with Crippen molar-refractivity contribution in [3.8, 4) is 0 Å². The van der Waals surface area contributed by atoms with Crippen LogP contribution in [0, 0.1) is 0 Å². The third kappa shape index (κ3) is 3.23. The molecule has 1 aromatic heterocycles. The van der Waals surface area contributed by atoms with Gasteiger partial charge in [0.15, 0.2) is 5.16 Å². The summed E-state index contributed by atoms with van der Waals surface area (Å²) in [6, 6.07) is 0. The second-order valence-electron chi connectivity index (χ2n) is 5.50. The topological polar surface area (TPSA) is 73.8 Å². The molecule has 1 unspecified atom stereocenters. The van der Waals surface area contributed by atoms with Crippen LogP contribution in [-0.2, 0) is 11.3 Å². The van der Waals surface area contributed by atoms with Gasteiger partial charge in [-0.15, -0.1) is 10.2 Å². The van der Waals surface area contributed by atoms with Crippen molar-refractivity contribution in [2.45, 2.75) is 61.4 Å². The molecule has 0 aliphatic heterocycles. The maximum absolute atomic E-state index is 11.0. The summed E-state index contributed by atoms with van der Waals surface area (Å²) >= 11 is 1.76. The fraction of sp³-hybridized carbons (Fsp3) is 0.643. The van der Waals surface area contributed by atoms with Crippen LogP contribution in [0.5, 0.6) is 0 Å². The highest BCUT2D eigenvalue weighted by Gasteiger charge is 2.30. The predicted octanol–water partition coefficient (Wildman–Crippen LogP) is 2.23. The summed E-state index contributed by atoms with van der Waals surface area (Å²) < 4.78 is 2.11. The van der Waals surface area contributed by atoms with Crippen molar-refractivity contribution in [2.24, 2.45) is 5.73 Å². The van der Waals surface area contributed by atoms with E-state index in [0.29, 0.717) is 24.1 Å². The van der Waals surface area contributed by atoms with Gasteiger partial charge in [0.25, 0.3) is 0 Å². The zero-order chi connectivity index (χ0) is 13.9. The van der Waals surface area contributed by atoms with E-state index in [4.69, 9.17) is 5.73 Å². The Hall–Kier alpha value is -1.30. The fourth-order valence-corrected chi connectivity index (χ4v) is 3.62. The first-order chi connectivity index (χ1) is 9.74. The van der Waals surface area contributed by atoms with Crippen LogP contribution in [0.25, 0.3) is 0 Å². The molecule has 1 amide bonds. The number of primary amides is 1. The minimum Gasteiger partial charge on any atom is -0.370 e. The highest BCUT2D eigenvalue weighted by molar-refractivity contribution is 7.99. The van der Waals surface area contributed by atoms with Crippen LogP contribution in [0.4, 0.5) is 0 Å². The van der Waals surface area contributed by atoms with Gasteiger partial charge in [0.05, 0.1) is 0 Å². The van der Waals surface area contributed by atoms with E-state index in [-0.39, 0.29) is 5.91 Å². The lowest BCUT2D eigenvalue weighted by Gasteiger charge is -2.16. The van der Waals surface area contributed by atoms with Gasteiger partial charge in [0, 0.05) is 24.1 Å². The molecule has 1 saturated carbocycles. The van der Waals surface area contributed by atoms with Gasteiger partial charge in [0.1, 0.15) is 5.82 Å². The quantitative estimate of drug-likeness (QED) is 0.816. The number of aromatic nitrogens is 3. The van der Waals surface area contributed by atoms with E-state index in [2.05, 4.69) is 26.9 Å². The molecule has 20 heavy (non-hydrogen) atoms. The van der Waals surface area contributed by atoms with Crippen LogP contribution in [0.2, 0.25) is 0 Å². The molecule has 0 spiro atoms. The van der Waals surface area contributed by atoms with Crippen LogP contribution in [0.15, 0.2) is 17.3 Å². The van der Waals surface area contributed by atoms with Gasteiger partial charge < -0.3 is 10.3 Å². The molecule has 1 heterocycles. The lowest BCUT2D eigenvalue weighted by Crippen LogP contribution is -2.16. The van der Waals surface area contributed by atoms with Crippen molar-refractivity contribution >= 4 is 17.7 Å². The first-order valence-electron chi connectivity index (χ1n) is 7.29. The van der Waals surface area contributed by atoms with E-state index in [0.717, 1.165) is 11.0 Å². The molecule has 5 nitrogen and oxygen atoms in total. The Kier molecular flexibility index (Phi) is 4.10. The average molecular weight is 292 g/mol. The summed E-state index contributed by atoms with van der Waals surface area (Å²) in [6.45, 7) is 0.604. The summed E-state index contributed by atoms with van der Waals surface area (Å²) in [5, 5.41) is 10.1. The fourth-order valence-electron chi connectivity index (χ4n) is 2.48. The highest BCUT2D eigenvalue weighted by Crippen LogP contribution is 2.40. The maximum atomic E-state index is 11.0. The number of nitrogens with two attached hydrogens (primary N) is 1. The van der Waals surface area contributed by atoms with E-state index in [1.807, 2.05) is 0 Å². The predicted molar refractivity (Wildman–Crippen MR) is 78.4 cm³/mol. The largest absolute Gasteiger partial charge is 0.370 e. The lowest BCUT2D eigenvalue weighted by molar-refractivity contribution is -0.118. The molecule has 0 aromatic carbocycles. The third-order valence-corrected chi connectivity index (χ3v) is 4.95. The number of amides is 1. The Labute approximate surface area is 123 Å². The van der Waals surface area contributed by atoms with Crippen LogP contribution in [-0.4, -0.2) is 25.9 Å². The molecule has 0 radical (unpaired) electrons. The Morgan fingerprint density at radius 1 is 1.40 bits per heavy atom. The normalized spacial score (nSPS) is 22.1. The second kappa shape index (κ2) is 5.99. The molecular formula is C14H20N4OS. The lowest BCUT2D eigenvalue weighted by atomic mass is 10.1. The van der Waals surface area contributed by atoms with Crippen molar-refractivity contribution in [1.82, 2.24) is 14.8 Å². The van der Waals surface area contributed by atoms with Gasteiger partial charge >= 0.3 is 0 Å². The van der Waals surface area contributed by atoms with E-state index in [1.165, 1.54) is 32.1 Å². The second-order valence-corrected chi connectivity index (χ2v) is 6.70. The first kappa shape index (κ1) is 13.7. The van der Waals surface area contributed by atoms with Crippen LogP contribution in [0.3, 0.4) is 0 Å². The molecule has 108 valence electrons. The van der Waals surface area contributed by atoms with E-state index in [9.17, 15) is 4.79 Å². The number of carbonyl (C=O) groups is 1. The van der Waals surface area contributed by atoms with Crippen LogP contribution >= 0.6 is 11.8 Å². The molecule has 1 fully saturated rings. The Morgan fingerprint density at radius 2 is 2.25 bits per heavy atom. The summed E-state index contributed by atoms with van der Waals surface area (Å²) in [5.74, 6) is 1.30. The Bertz CT molecular complexity index is 521. The summed E-state index contributed by atoms with van der Waals surface area (Å²) in [4.78, 5) is 11.0. The monoisotopic (exact) mass is 292 g/mol. The van der Waals surface area contributed by atoms with Gasteiger partial charge in [-0.3, -0.25) is 4.79 Å². The van der Waals surface area contributed by atoms with Crippen molar-refractivity contribution < 1.29 is 4.79 Å². The minimum absolute atomic E-state index is 0.269. The number of allylic oxidation sites excluding steroid dienone is 1. The van der Waals surface area contributed by atoms with Crippen molar-refractivity contribution in [3.05, 3.63) is 18.0 Å². The van der Waals surface area contributed by atoms with E-state index in [1.54, 1.807) is 11.8 Å². The van der Waals surface area contributed by atoms with Gasteiger partial charge in [-0.25, -0.2) is 0 Å². The summed E-state index contributed by atoms with van der Waals surface area (Å²) in [5.41, 5.74) is 5.27. The number of carbonyl (C=O) groups excluding carboxylic acids is 1. The molecular weight excluding hydrogens is 272 g/mol. The molecule has 2 N–H and O–H groups in total. The third-order valence-electron chi connectivity index (χ3n) is 3.74. The van der Waals surface area contributed by atoms with Crippen LogP contribution in [0.1, 0.15) is 50.3 Å². The van der Waals surface area contributed by atoms with Crippen LogP contribution < -0.4 is 5.73 Å². The standard InChI is InChI=1S/C14H20N4OS/c15-12(19)8-9-18-13(10-6-7-10)16-17-14(18)20-11-4-2-1-3-5-11/h2,4,10-11H,1,3,5-9H2,(H2,15,19). The molecule has 2 aliphatic carbocycles. The van der Waals surface area contributed by atoms with Crippen molar-refractivity contribution in [3.63, 3.8) is 0 Å². The summed E-state index contributed by atoms with van der Waals surface area (Å²) in [7, 11) is 0. The SMILES string of the molecule is NC(=O)CCn1c(SC2C=CCCC2)nnc1C1CC1. The van der Waals surface area contributed by atoms with Gasteiger partial charge in [-0.05, 0) is 32.1 Å². The zero-order valence-electron chi connectivity index (χ0n) is 11.5. The Morgan fingerprint density at radius 3 is 2.90 bits per heavy atom. The molecule has 1 aromatic rings. The first-order valence-corrected chi connectivity index (χ1v) is 8.16. The number of rotatable bonds is 6. The summed E-state index contributed by atoms with van der Waals surface area (Å²) in [6.07, 6.45) is 10.8. The minimum atomic E-state index is -0.269. The zero-order valence-corrected chi connectivity index (χ0v) is 12.3. The van der Waals surface area contributed by atoms with Crippen molar-refractivity contribution in [2.75, 3.05) is 0 Å². The molecule has 0 bridgehead atoms. The highest BCUT2D eigenvalue weighted by atomic mass is 32.2. The molecule has 1 atom stereocenters. The van der Waals surface area contributed by atoms with Gasteiger partial charge in [-0.2, -0.15) is 0 Å². The smallest absolute Gasteiger partial charge is 0.219 e. The molecule has 0 saturated heterocycles. The number of hydrogen-bond donors (Lipinski definition) is 1. The molecule has 6 heteroatoms. The maximum Gasteiger partial charge on any atom is 0.219 e. The van der Waals surface area contributed by atoms with Crippen molar-refractivity contribution in [1.29, 1.82) is 0 Å². The van der Waals surface area contributed by atoms with E-state index >= 15 is 0 Å². The Balaban J connectivity index is 1.76. The number of nitrogens with zero attached hydrogens (tertiary/aromatic N) is 3. The average Bonchev–Trinajstić information content (AvgIpc) is 3.21. The number of hydrogen-bond acceptors (Lipinski definition) is 4. The molecule has 2 aliphatic rings. The van der Waals surface area contributed by atoms with Gasteiger partial charge in [-0.1, -0.05) is 23.9 Å². The number of thioether (sulfide) groups is 1.